The van der Waals surface area contributed by atoms with Gasteiger partial charge in [0.1, 0.15) is 6.10 Å². The van der Waals surface area contributed by atoms with Gasteiger partial charge in [0, 0.05) is 13.1 Å². The molecule has 0 saturated carbocycles. The molecule has 0 spiro atoms. The normalized spacial score (nSPS) is 12.4. The van der Waals surface area contributed by atoms with Gasteiger partial charge >= 0.3 is 5.97 Å². The predicted molar refractivity (Wildman–Crippen MR) is 77.8 cm³/mol. The van der Waals surface area contributed by atoms with Gasteiger partial charge in [0.15, 0.2) is 0 Å². The van der Waals surface area contributed by atoms with Gasteiger partial charge in [-0.3, -0.25) is 4.79 Å². The highest BCUT2D eigenvalue weighted by Gasteiger charge is 2.18. The maximum Gasteiger partial charge on any atom is 0.309 e. The quantitative estimate of drug-likeness (QED) is 0.732. The Balaban J connectivity index is 2.24. The van der Waals surface area contributed by atoms with Crippen LogP contribution in [-0.4, -0.2) is 18.6 Å². The number of nitrogens with one attached hydrogen (secondary N) is 1. The fraction of sp³-hybridized carbons (Fsp3) is 0.562. The first-order valence-electron chi connectivity index (χ1n) is 7.12. The Morgan fingerprint density at radius 2 is 1.84 bits per heavy atom. The Kier molecular flexibility index (Phi) is 7.19. The number of carbonyl (C=O) groups excluding carboxylic acids is 1. The number of benzene rings is 1. The van der Waals surface area contributed by atoms with Gasteiger partial charge in [0.05, 0.1) is 5.92 Å². The van der Waals surface area contributed by atoms with Crippen molar-refractivity contribution in [3.63, 3.8) is 0 Å². The lowest BCUT2D eigenvalue weighted by Gasteiger charge is -2.18. The monoisotopic (exact) mass is 263 g/mol. The van der Waals surface area contributed by atoms with Crippen molar-refractivity contribution in [2.45, 2.75) is 46.3 Å². The molecule has 0 aliphatic heterocycles. The third-order valence-corrected chi connectivity index (χ3v) is 3.24. The highest BCUT2D eigenvalue weighted by molar-refractivity contribution is 5.72. The van der Waals surface area contributed by atoms with Crippen LogP contribution in [0.1, 0.15) is 39.2 Å². The van der Waals surface area contributed by atoms with E-state index in [0.717, 1.165) is 19.4 Å². The van der Waals surface area contributed by atoms with Crippen LogP contribution < -0.4 is 5.32 Å². The SMILES string of the molecule is CCC(CC)C(=O)OC(C)CNCc1ccccc1. The molecule has 1 rings (SSSR count). The van der Waals surface area contributed by atoms with Gasteiger partial charge in [-0.05, 0) is 25.3 Å². The molecule has 0 aliphatic carbocycles. The standard InChI is InChI=1S/C16H25NO2/c1-4-15(5-2)16(18)19-13(3)11-17-12-14-9-7-6-8-10-14/h6-10,13,15,17H,4-5,11-12H2,1-3H3. The van der Waals surface area contributed by atoms with Crippen molar-refractivity contribution in [1.29, 1.82) is 0 Å². The second kappa shape index (κ2) is 8.70. The Morgan fingerprint density at radius 3 is 2.42 bits per heavy atom. The van der Waals surface area contributed by atoms with Crippen molar-refractivity contribution in [3.05, 3.63) is 35.9 Å². The predicted octanol–water partition coefficient (Wildman–Crippen LogP) is 3.14. The summed E-state index contributed by atoms with van der Waals surface area (Å²) in [4.78, 5) is 11.8. The lowest BCUT2D eigenvalue weighted by molar-refractivity contribution is -0.153. The highest BCUT2D eigenvalue weighted by Crippen LogP contribution is 2.10. The molecule has 3 heteroatoms. The van der Waals surface area contributed by atoms with E-state index >= 15 is 0 Å². The number of ether oxygens (including phenoxy) is 1. The number of esters is 1. The van der Waals surface area contributed by atoms with Crippen LogP contribution in [0.2, 0.25) is 0 Å². The Labute approximate surface area is 116 Å². The smallest absolute Gasteiger partial charge is 0.309 e. The van der Waals surface area contributed by atoms with Gasteiger partial charge < -0.3 is 10.1 Å². The van der Waals surface area contributed by atoms with E-state index in [9.17, 15) is 4.79 Å². The molecule has 3 nitrogen and oxygen atoms in total. The molecule has 1 aromatic carbocycles. The van der Waals surface area contributed by atoms with Crippen molar-refractivity contribution in [2.24, 2.45) is 5.92 Å². The molecule has 0 aliphatic rings. The topological polar surface area (TPSA) is 38.3 Å². The van der Waals surface area contributed by atoms with Crippen molar-refractivity contribution in [1.82, 2.24) is 5.32 Å². The van der Waals surface area contributed by atoms with Crippen LogP contribution in [0.4, 0.5) is 0 Å². The first kappa shape index (κ1) is 15.7. The molecule has 1 aromatic rings. The van der Waals surface area contributed by atoms with Crippen molar-refractivity contribution in [2.75, 3.05) is 6.54 Å². The first-order valence-corrected chi connectivity index (χ1v) is 7.12. The van der Waals surface area contributed by atoms with E-state index in [-0.39, 0.29) is 18.0 Å². The summed E-state index contributed by atoms with van der Waals surface area (Å²) in [7, 11) is 0. The second-order valence-electron chi connectivity index (χ2n) is 4.88. The molecule has 0 bridgehead atoms. The summed E-state index contributed by atoms with van der Waals surface area (Å²) in [5, 5.41) is 3.30. The van der Waals surface area contributed by atoms with Crippen LogP contribution >= 0.6 is 0 Å². The first-order chi connectivity index (χ1) is 9.17. The van der Waals surface area contributed by atoms with Crippen molar-refractivity contribution in [3.8, 4) is 0 Å². The summed E-state index contributed by atoms with van der Waals surface area (Å²) >= 11 is 0. The molecule has 19 heavy (non-hydrogen) atoms. The summed E-state index contributed by atoms with van der Waals surface area (Å²) in [6.45, 7) is 7.45. The summed E-state index contributed by atoms with van der Waals surface area (Å²) in [5.41, 5.74) is 1.24. The van der Waals surface area contributed by atoms with E-state index in [4.69, 9.17) is 4.74 Å². The van der Waals surface area contributed by atoms with E-state index < -0.39 is 0 Å². The van der Waals surface area contributed by atoms with Gasteiger partial charge in [0.25, 0.3) is 0 Å². The molecular weight excluding hydrogens is 238 g/mol. The third-order valence-electron chi connectivity index (χ3n) is 3.24. The maximum atomic E-state index is 11.8. The van der Waals surface area contributed by atoms with E-state index in [1.807, 2.05) is 39.0 Å². The Bertz CT molecular complexity index is 360. The minimum Gasteiger partial charge on any atom is -0.461 e. The summed E-state index contributed by atoms with van der Waals surface area (Å²) in [6, 6.07) is 10.2. The Morgan fingerprint density at radius 1 is 1.21 bits per heavy atom. The average molecular weight is 263 g/mol. The van der Waals surface area contributed by atoms with Crippen LogP contribution in [0, 0.1) is 5.92 Å². The van der Waals surface area contributed by atoms with Crippen LogP contribution in [0.3, 0.4) is 0 Å². The fourth-order valence-electron chi connectivity index (χ4n) is 1.97. The fourth-order valence-corrected chi connectivity index (χ4v) is 1.97. The largest absolute Gasteiger partial charge is 0.461 e. The zero-order valence-electron chi connectivity index (χ0n) is 12.2. The van der Waals surface area contributed by atoms with Crippen LogP contribution in [0.5, 0.6) is 0 Å². The Hall–Kier alpha value is -1.35. The van der Waals surface area contributed by atoms with E-state index in [2.05, 4.69) is 17.4 Å². The molecule has 0 amide bonds. The minimum atomic E-state index is -0.0863. The molecular formula is C16H25NO2. The van der Waals surface area contributed by atoms with Gasteiger partial charge in [-0.2, -0.15) is 0 Å². The average Bonchev–Trinajstić information content (AvgIpc) is 2.41. The van der Waals surface area contributed by atoms with E-state index in [1.165, 1.54) is 5.56 Å². The second-order valence-corrected chi connectivity index (χ2v) is 4.88. The lowest BCUT2D eigenvalue weighted by Crippen LogP contribution is -2.30. The molecule has 0 heterocycles. The summed E-state index contributed by atoms with van der Waals surface area (Å²) in [6.07, 6.45) is 1.61. The van der Waals surface area contributed by atoms with E-state index in [1.54, 1.807) is 0 Å². The molecule has 0 fully saturated rings. The maximum absolute atomic E-state index is 11.8. The summed E-state index contributed by atoms with van der Waals surface area (Å²) < 4.78 is 5.43. The van der Waals surface area contributed by atoms with Crippen molar-refractivity contribution >= 4 is 5.97 Å². The zero-order valence-corrected chi connectivity index (χ0v) is 12.2. The van der Waals surface area contributed by atoms with Gasteiger partial charge in [-0.25, -0.2) is 0 Å². The summed E-state index contributed by atoms with van der Waals surface area (Å²) in [5.74, 6) is -0.0319. The van der Waals surface area contributed by atoms with E-state index in [0.29, 0.717) is 6.54 Å². The number of hydrogen-bond donors (Lipinski definition) is 1. The van der Waals surface area contributed by atoms with Gasteiger partial charge in [-0.15, -0.1) is 0 Å². The molecule has 106 valence electrons. The van der Waals surface area contributed by atoms with Crippen LogP contribution in [0.25, 0.3) is 0 Å². The number of carbonyl (C=O) groups is 1. The molecule has 0 aromatic heterocycles. The van der Waals surface area contributed by atoms with Gasteiger partial charge in [0.2, 0.25) is 0 Å². The van der Waals surface area contributed by atoms with Crippen molar-refractivity contribution < 1.29 is 9.53 Å². The van der Waals surface area contributed by atoms with Crippen LogP contribution in [-0.2, 0) is 16.1 Å². The zero-order chi connectivity index (χ0) is 14.1. The molecule has 0 saturated heterocycles. The lowest BCUT2D eigenvalue weighted by atomic mass is 10.0. The number of hydrogen-bond acceptors (Lipinski definition) is 3. The molecule has 0 radical (unpaired) electrons. The third kappa shape index (κ3) is 5.88. The molecule has 1 N–H and O–H groups in total. The molecule has 1 atom stereocenters. The highest BCUT2D eigenvalue weighted by atomic mass is 16.5. The number of rotatable bonds is 8. The molecule has 1 unspecified atom stereocenters. The van der Waals surface area contributed by atoms with Crippen LogP contribution in [0.15, 0.2) is 30.3 Å². The minimum absolute atomic E-state index is 0.0385. The van der Waals surface area contributed by atoms with Gasteiger partial charge in [-0.1, -0.05) is 44.2 Å².